The number of carbonyl (C=O) groups excluding carboxylic acids is 1. The summed E-state index contributed by atoms with van der Waals surface area (Å²) in [6.07, 6.45) is 2.45. The van der Waals surface area contributed by atoms with Gasteiger partial charge < -0.3 is 4.74 Å². The van der Waals surface area contributed by atoms with E-state index >= 15 is 0 Å². The van der Waals surface area contributed by atoms with Crippen LogP contribution >= 0.6 is 0 Å². The summed E-state index contributed by atoms with van der Waals surface area (Å²) in [5, 5.41) is 13.2. The Morgan fingerprint density at radius 3 is 2.60 bits per heavy atom. The molecule has 7 heteroatoms. The lowest BCUT2D eigenvalue weighted by Crippen LogP contribution is -2.22. The fraction of sp³-hybridized carbons (Fsp3) is 0.130. The van der Waals surface area contributed by atoms with Crippen LogP contribution in [0.1, 0.15) is 29.4 Å². The number of ether oxygens (including phenoxy) is 1. The third-order valence-electron chi connectivity index (χ3n) is 4.66. The molecular formula is C23H20N4O3. The van der Waals surface area contributed by atoms with E-state index in [0.717, 1.165) is 22.8 Å². The smallest absolute Gasteiger partial charge is 0.292 e. The van der Waals surface area contributed by atoms with Gasteiger partial charge in [-0.2, -0.15) is 10.2 Å². The topological polar surface area (TPSA) is 96.4 Å². The van der Waals surface area contributed by atoms with Crippen molar-refractivity contribution in [1.82, 2.24) is 15.6 Å². The molecule has 0 aliphatic carbocycles. The van der Waals surface area contributed by atoms with Crippen LogP contribution < -0.4 is 15.7 Å². The van der Waals surface area contributed by atoms with Crippen LogP contribution in [0.4, 0.5) is 0 Å². The summed E-state index contributed by atoms with van der Waals surface area (Å²) < 4.78 is 5.85. The van der Waals surface area contributed by atoms with Crippen molar-refractivity contribution in [2.75, 3.05) is 6.61 Å². The maximum atomic E-state index is 12.6. The molecule has 4 rings (SSSR count). The number of rotatable bonds is 6. The van der Waals surface area contributed by atoms with Crippen LogP contribution in [0.25, 0.3) is 21.5 Å². The Bertz CT molecular complexity index is 1310. The van der Waals surface area contributed by atoms with Gasteiger partial charge in [-0.25, -0.2) is 10.5 Å². The standard InChI is InChI=1S/C23H20N4O3/c1-2-13-30-20-12-11-15-7-3-4-8-16(15)19(20)14-24-26-23(29)21-17-9-5-6-10-18(17)22(28)27-25-21/h3-12,14H,2,13H2,1H3,(H,26,29)(H,27,28)/b24-14-. The number of aromatic nitrogens is 2. The Morgan fingerprint density at radius 1 is 1.07 bits per heavy atom. The van der Waals surface area contributed by atoms with Gasteiger partial charge >= 0.3 is 0 Å². The molecule has 0 saturated heterocycles. The summed E-state index contributed by atoms with van der Waals surface area (Å²) in [4.78, 5) is 24.5. The van der Waals surface area contributed by atoms with Crippen molar-refractivity contribution in [2.24, 2.45) is 5.10 Å². The third-order valence-corrected chi connectivity index (χ3v) is 4.66. The fourth-order valence-electron chi connectivity index (χ4n) is 3.24. The average molecular weight is 400 g/mol. The van der Waals surface area contributed by atoms with Crippen molar-refractivity contribution >= 4 is 33.7 Å². The van der Waals surface area contributed by atoms with Crippen LogP contribution in [0.5, 0.6) is 5.75 Å². The number of benzene rings is 3. The molecule has 0 atom stereocenters. The van der Waals surface area contributed by atoms with E-state index in [-0.39, 0.29) is 11.3 Å². The van der Waals surface area contributed by atoms with Crippen molar-refractivity contribution in [3.8, 4) is 5.75 Å². The zero-order valence-electron chi connectivity index (χ0n) is 16.4. The zero-order valence-corrected chi connectivity index (χ0v) is 16.4. The van der Waals surface area contributed by atoms with Crippen molar-refractivity contribution < 1.29 is 9.53 Å². The molecule has 4 aromatic rings. The van der Waals surface area contributed by atoms with E-state index in [2.05, 4.69) is 20.7 Å². The number of hydrogen-bond acceptors (Lipinski definition) is 5. The van der Waals surface area contributed by atoms with Crippen LogP contribution in [0.3, 0.4) is 0 Å². The first-order valence-corrected chi connectivity index (χ1v) is 9.64. The lowest BCUT2D eigenvalue weighted by molar-refractivity contribution is 0.0951. The highest BCUT2D eigenvalue weighted by Gasteiger charge is 2.13. The molecular weight excluding hydrogens is 380 g/mol. The minimum absolute atomic E-state index is 0.0997. The number of hydrogen-bond donors (Lipinski definition) is 2. The zero-order chi connectivity index (χ0) is 20.9. The minimum Gasteiger partial charge on any atom is -0.493 e. The van der Waals surface area contributed by atoms with E-state index < -0.39 is 5.91 Å². The summed E-state index contributed by atoms with van der Waals surface area (Å²) >= 11 is 0. The van der Waals surface area contributed by atoms with E-state index in [9.17, 15) is 9.59 Å². The van der Waals surface area contributed by atoms with Gasteiger partial charge in [0.25, 0.3) is 11.5 Å². The fourth-order valence-corrected chi connectivity index (χ4v) is 3.24. The van der Waals surface area contributed by atoms with Crippen LogP contribution in [0, 0.1) is 0 Å². The normalized spacial score (nSPS) is 11.2. The number of nitrogens with zero attached hydrogens (tertiary/aromatic N) is 2. The molecule has 0 radical (unpaired) electrons. The quantitative estimate of drug-likeness (QED) is 0.382. The highest BCUT2D eigenvalue weighted by Crippen LogP contribution is 2.26. The van der Waals surface area contributed by atoms with Gasteiger partial charge in [0.15, 0.2) is 5.69 Å². The molecule has 0 aliphatic heterocycles. The molecule has 0 unspecified atom stereocenters. The number of aromatic amines is 1. The van der Waals surface area contributed by atoms with E-state index in [1.807, 2.05) is 43.3 Å². The molecule has 1 heterocycles. The van der Waals surface area contributed by atoms with Gasteiger partial charge in [-0.3, -0.25) is 9.59 Å². The number of carbonyl (C=O) groups is 1. The molecule has 0 bridgehead atoms. The molecule has 150 valence electrons. The number of amides is 1. The first kappa shape index (κ1) is 19.3. The molecule has 30 heavy (non-hydrogen) atoms. The first-order chi connectivity index (χ1) is 14.7. The van der Waals surface area contributed by atoms with Crippen LogP contribution in [0.2, 0.25) is 0 Å². The van der Waals surface area contributed by atoms with Gasteiger partial charge in [-0.05, 0) is 29.3 Å². The summed E-state index contributed by atoms with van der Waals surface area (Å²) in [7, 11) is 0. The van der Waals surface area contributed by atoms with Gasteiger partial charge in [-0.15, -0.1) is 0 Å². The predicted molar refractivity (Wildman–Crippen MR) is 117 cm³/mol. The molecule has 7 nitrogen and oxygen atoms in total. The Balaban J connectivity index is 1.65. The molecule has 3 aromatic carbocycles. The molecule has 0 fully saturated rings. The monoisotopic (exact) mass is 400 g/mol. The minimum atomic E-state index is -0.519. The Kier molecular flexibility index (Phi) is 5.52. The van der Waals surface area contributed by atoms with E-state index in [0.29, 0.717) is 23.1 Å². The maximum absolute atomic E-state index is 12.6. The average Bonchev–Trinajstić information content (AvgIpc) is 2.78. The highest BCUT2D eigenvalue weighted by molar-refractivity contribution is 6.06. The van der Waals surface area contributed by atoms with E-state index in [1.165, 1.54) is 0 Å². The number of H-pyrrole nitrogens is 1. The summed E-state index contributed by atoms with van der Waals surface area (Å²) in [5.74, 6) is 0.177. The van der Waals surface area contributed by atoms with Crippen molar-refractivity contribution in [3.05, 3.63) is 82.3 Å². The van der Waals surface area contributed by atoms with Gasteiger partial charge in [0.05, 0.1) is 18.2 Å². The largest absolute Gasteiger partial charge is 0.493 e. The number of fused-ring (bicyclic) bond motifs is 2. The van der Waals surface area contributed by atoms with Crippen molar-refractivity contribution in [3.63, 3.8) is 0 Å². The molecule has 1 aromatic heterocycles. The van der Waals surface area contributed by atoms with Crippen LogP contribution in [-0.2, 0) is 0 Å². The first-order valence-electron chi connectivity index (χ1n) is 9.64. The van der Waals surface area contributed by atoms with E-state index in [1.54, 1.807) is 30.5 Å². The summed E-state index contributed by atoms with van der Waals surface area (Å²) in [5.41, 5.74) is 3.03. The second-order valence-corrected chi connectivity index (χ2v) is 6.69. The van der Waals surface area contributed by atoms with Gasteiger partial charge in [0.2, 0.25) is 0 Å². The molecule has 2 N–H and O–H groups in total. The van der Waals surface area contributed by atoms with Gasteiger partial charge in [0, 0.05) is 10.9 Å². The second kappa shape index (κ2) is 8.57. The molecule has 0 saturated carbocycles. The van der Waals surface area contributed by atoms with Crippen LogP contribution in [-0.4, -0.2) is 28.9 Å². The van der Waals surface area contributed by atoms with Gasteiger partial charge in [0.1, 0.15) is 5.75 Å². The third kappa shape index (κ3) is 3.77. The SMILES string of the molecule is CCCOc1ccc2ccccc2c1/C=N\NC(=O)c1n[nH]c(=O)c2ccccc12. The second-order valence-electron chi connectivity index (χ2n) is 6.69. The molecule has 1 amide bonds. The summed E-state index contributed by atoms with van der Waals surface area (Å²) in [6, 6.07) is 18.6. The summed E-state index contributed by atoms with van der Waals surface area (Å²) in [6.45, 7) is 2.62. The molecule has 0 aliphatic rings. The lowest BCUT2D eigenvalue weighted by atomic mass is 10.0. The van der Waals surface area contributed by atoms with Gasteiger partial charge in [-0.1, -0.05) is 55.5 Å². The molecule has 0 spiro atoms. The van der Waals surface area contributed by atoms with Crippen molar-refractivity contribution in [1.29, 1.82) is 0 Å². The Hall–Kier alpha value is -4.00. The van der Waals surface area contributed by atoms with Crippen molar-refractivity contribution in [2.45, 2.75) is 13.3 Å². The number of hydrazone groups is 1. The highest BCUT2D eigenvalue weighted by atomic mass is 16.5. The lowest BCUT2D eigenvalue weighted by Gasteiger charge is -2.11. The maximum Gasteiger partial charge on any atom is 0.292 e. The van der Waals surface area contributed by atoms with E-state index in [4.69, 9.17) is 4.74 Å². The predicted octanol–water partition coefficient (Wildman–Crippen LogP) is 3.63. The van der Waals surface area contributed by atoms with Crippen LogP contribution in [0.15, 0.2) is 70.6 Å². The number of nitrogens with one attached hydrogen (secondary N) is 2. The Morgan fingerprint density at radius 2 is 1.80 bits per heavy atom. The Labute approximate surface area is 172 Å².